The van der Waals surface area contributed by atoms with Crippen LogP contribution in [-0.2, 0) is 11.8 Å². The van der Waals surface area contributed by atoms with Crippen molar-refractivity contribution >= 4 is 34.4 Å². The fourth-order valence-corrected chi connectivity index (χ4v) is 4.47. The number of hydrogen-bond donors (Lipinski definition) is 1. The molecule has 0 spiro atoms. The van der Waals surface area contributed by atoms with Crippen molar-refractivity contribution in [1.29, 1.82) is 0 Å². The number of piperidine rings is 1. The summed E-state index contributed by atoms with van der Waals surface area (Å²) >= 11 is 1.60. The van der Waals surface area contributed by atoms with Gasteiger partial charge in [-0.2, -0.15) is 0 Å². The number of benzene rings is 1. The summed E-state index contributed by atoms with van der Waals surface area (Å²) in [6, 6.07) is 8.52. The number of nitrogens with one attached hydrogen (secondary N) is 1. The summed E-state index contributed by atoms with van der Waals surface area (Å²) in [6.45, 7) is 1.78. The van der Waals surface area contributed by atoms with Crippen LogP contribution in [0, 0.1) is 0 Å². The number of amides is 1. The quantitative estimate of drug-likeness (QED) is 0.689. The van der Waals surface area contributed by atoms with Crippen molar-refractivity contribution in [2.45, 2.75) is 23.8 Å². The minimum atomic E-state index is 0.103. The molecule has 6 nitrogen and oxygen atoms in total. The van der Waals surface area contributed by atoms with E-state index < -0.39 is 0 Å². The zero-order valence-corrected chi connectivity index (χ0v) is 16.2. The molecule has 0 atom stereocenters. The van der Waals surface area contributed by atoms with E-state index in [-0.39, 0.29) is 11.9 Å². The molecule has 0 unspecified atom stereocenters. The predicted molar refractivity (Wildman–Crippen MR) is 109 cm³/mol. The summed E-state index contributed by atoms with van der Waals surface area (Å²) in [5.41, 5.74) is 1.19. The van der Waals surface area contributed by atoms with Gasteiger partial charge >= 0.3 is 0 Å². The molecule has 1 aliphatic rings. The Bertz CT molecular complexity index is 919. The number of fused-ring (bicyclic) bond motifs is 1. The largest absolute Gasteiger partial charge is 0.355 e. The maximum atomic E-state index is 12.4. The molecular weight excluding hydrogens is 358 g/mol. The van der Waals surface area contributed by atoms with Gasteiger partial charge in [0, 0.05) is 60.6 Å². The van der Waals surface area contributed by atoms with Gasteiger partial charge < -0.3 is 14.8 Å². The fraction of sp³-hybridized carbons (Fsp3) is 0.350. The second kappa shape index (κ2) is 8.00. The molecule has 2 aromatic heterocycles. The summed E-state index contributed by atoms with van der Waals surface area (Å²) in [7, 11) is 2.04. The van der Waals surface area contributed by atoms with E-state index in [1.807, 2.05) is 19.2 Å². The standard InChI is InChI=1S/C20H23N5OS/c1-24-13-18(16-4-2-3-5-17(16)24)27-14-20(26)23-15-6-10-25(11-7-15)19-12-21-8-9-22-19/h2-5,8-9,12-13,15H,6-7,10-11,14H2,1H3,(H,23,26). The van der Waals surface area contributed by atoms with Crippen molar-refractivity contribution in [2.24, 2.45) is 7.05 Å². The highest BCUT2D eigenvalue weighted by molar-refractivity contribution is 8.00. The second-order valence-electron chi connectivity index (χ2n) is 6.80. The van der Waals surface area contributed by atoms with Gasteiger partial charge in [0.2, 0.25) is 5.91 Å². The third-order valence-corrected chi connectivity index (χ3v) is 6.00. The van der Waals surface area contributed by atoms with Crippen LogP contribution in [0.15, 0.2) is 53.9 Å². The van der Waals surface area contributed by atoms with Gasteiger partial charge in [-0.1, -0.05) is 18.2 Å². The van der Waals surface area contributed by atoms with E-state index in [0.717, 1.165) is 36.6 Å². The van der Waals surface area contributed by atoms with Crippen LogP contribution in [0.25, 0.3) is 10.9 Å². The summed E-state index contributed by atoms with van der Waals surface area (Å²) in [5.74, 6) is 1.46. The molecule has 1 saturated heterocycles. The number of hydrogen-bond acceptors (Lipinski definition) is 5. The minimum Gasteiger partial charge on any atom is -0.355 e. The number of nitrogens with zero attached hydrogens (tertiary/aromatic N) is 4. The molecule has 0 radical (unpaired) electrons. The molecule has 0 saturated carbocycles. The average molecular weight is 382 g/mol. The zero-order valence-electron chi connectivity index (χ0n) is 15.3. The number of carbonyl (C=O) groups excluding carboxylic acids is 1. The number of anilines is 1. The lowest BCUT2D eigenvalue weighted by molar-refractivity contribution is -0.119. The van der Waals surface area contributed by atoms with E-state index in [9.17, 15) is 4.79 Å². The average Bonchev–Trinajstić information content (AvgIpc) is 3.04. The molecule has 4 rings (SSSR count). The Labute approximate surface area is 163 Å². The van der Waals surface area contributed by atoms with E-state index in [1.165, 1.54) is 10.9 Å². The van der Waals surface area contributed by atoms with Crippen molar-refractivity contribution in [2.75, 3.05) is 23.7 Å². The number of rotatable bonds is 5. The van der Waals surface area contributed by atoms with E-state index >= 15 is 0 Å². The number of thioether (sulfide) groups is 1. The van der Waals surface area contributed by atoms with Crippen LogP contribution in [0.3, 0.4) is 0 Å². The Balaban J connectivity index is 1.28. The van der Waals surface area contributed by atoms with Crippen molar-refractivity contribution in [3.05, 3.63) is 49.1 Å². The van der Waals surface area contributed by atoms with E-state index in [2.05, 4.69) is 43.1 Å². The van der Waals surface area contributed by atoms with Crippen molar-refractivity contribution in [1.82, 2.24) is 19.9 Å². The van der Waals surface area contributed by atoms with Gasteiger partial charge in [-0.15, -0.1) is 11.8 Å². The van der Waals surface area contributed by atoms with Crippen molar-refractivity contribution in [3.8, 4) is 0 Å². The highest BCUT2D eigenvalue weighted by atomic mass is 32.2. The van der Waals surface area contributed by atoms with E-state index in [1.54, 1.807) is 30.4 Å². The summed E-state index contributed by atoms with van der Waals surface area (Å²) in [6.07, 6.45) is 9.15. The number of para-hydroxylation sites is 1. The second-order valence-corrected chi connectivity index (χ2v) is 7.82. The Morgan fingerprint density at radius 3 is 2.85 bits per heavy atom. The van der Waals surface area contributed by atoms with Gasteiger partial charge in [0.25, 0.3) is 0 Å². The van der Waals surface area contributed by atoms with Gasteiger partial charge in [-0.05, 0) is 18.9 Å². The molecule has 0 bridgehead atoms. The first-order valence-corrected chi connectivity index (χ1v) is 10.2. The smallest absolute Gasteiger partial charge is 0.230 e. The van der Waals surface area contributed by atoms with Crippen molar-refractivity contribution < 1.29 is 4.79 Å². The minimum absolute atomic E-state index is 0.103. The van der Waals surface area contributed by atoms with Crippen LogP contribution in [0.2, 0.25) is 0 Å². The molecule has 1 aromatic carbocycles. The van der Waals surface area contributed by atoms with Gasteiger partial charge in [-0.25, -0.2) is 4.98 Å². The summed E-state index contributed by atoms with van der Waals surface area (Å²) < 4.78 is 2.11. The first kappa shape index (κ1) is 17.9. The number of aryl methyl sites for hydroxylation is 1. The molecule has 3 aromatic rings. The topological polar surface area (TPSA) is 63.1 Å². The zero-order chi connectivity index (χ0) is 18.6. The van der Waals surface area contributed by atoms with Crippen LogP contribution in [0.4, 0.5) is 5.82 Å². The molecule has 27 heavy (non-hydrogen) atoms. The van der Waals surface area contributed by atoms with Crippen LogP contribution in [0.5, 0.6) is 0 Å². The lowest BCUT2D eigenvalue weighted by Gasteiger charge is -2.32. The maximum absolute atomic E-state index is 12.4. The SMILES string of the molecule is Cn1cc(SCC(=O)NC2CCN(c3cnccn3)CC2)c2ccccc21. The number of carbonyl (C=O) groups is 1. The van der Waals surface area contributed by atoms with Gasteiger partial charge in [0.1, 0.15) is 5.82 Å². The first-order valence-electron chi connectivity index (χ1n) is 9.18. The van der Waals surface area contributed by atoms with Gasteiger partial charge in [-0.3, -0.25) is 9.78 Å². The Morgan fingerprint density at radius 2 is 2.07 bits per heavy atom. The highest BCUT2D eigenvalue weighted by Gasteiger charge is 2.21. The first-order chi connectivity index (χ1) is 13.2. The third-order valence-electron chi connectivity index (χ3n) is 4.95. The molecule has 1 fully saturated rings. The third kappa shape index (κ3) is 4.08. The Kier molecular flexibility index (Phi) is 5.29. The lowest BCUT2D eigenvalue weighted by Crippen LogP contribution is -2.45. The van der Waals surface area contributed by atoms with Crippen molar-refractivity contribution in [3.63, 3.8) is 0 Å². The van der Waals surface area contributed by atoms with Crippen LogP contribution < -0.4 is 10.2 Å². The molecule has 140 valence electrons. The maximum Gasteiger partial charge on any atom is 0.230 e. The Hall–Kier alpha value is -2.54. The van der Waals surface area contributed by atoms with Crippen LogP contribution in [0.1, 0.15) is 12.8 Å². The highest BCUT2D eigenvalue weighted by Crippen LogP contribution is 2.29. The molecule has 3 heterocycles. The molecule has 1 amide bonds. The fourth-order valence-electron chi connectivity index (χ4n) is 3.54. The van der Waals surface area contributed by atoms with Gasteiger partial charge in [0.15, 0.2) is 0 Å². The molecule has 7 heteroatoms. The number of aromatic nitrogens is 3. The Morgan fingerprint density at radius 1 is 1.26 bits per heavy atom. The van der Waals surface area contributed by atoms with E-state index in [0.29, 0.717) is 5.75 Å². The normalized spacial score (nSPS) is 15.2. The molecule has 1 aliphatic heterocycles. The molecule has 1 N–H and O–H groups in total. The summed E-state index contributed by atoms with van der Waals surface area (Å²) in [5, 5.41) is 4.39. The predicted octanol–water partition coefficient (Wildman–Crippen LogP) is 2.85. The lowest BCUT2D eigenvalue weighted by atomic mass is 10.1. The monoisotopic (exact) mass is 381 g/mol. The molecule has 0 aliphatic carbocycles. The van der Waals surface area contributed by atoms with E-state index in [4.69, 9.17) is 0 Å². The van der Waals surface area contributed by atoms with Crippen LogP contribution >= 0.6 is 11.8 Å². The van der Waals surface area contributed by atoms with Crippen LogP contribution in [-0.4, -0.2) is 45.3 Å². The van der Waals surface area contributed by atoms with Gasteiger partial charge in [0.05, 0.1) is 11.9 Å². The summed E-state index contributed by atoms with van der Waals surface area (Å²) in [4.78, 5) is 24.3. The molecular formula is C20H23N5OS.